The summed E-state index contributed by atoms with van der Waals surface area (Å²) in [5.74, 6) is 0.998. The first-order chi connectivity index (χ1) is 9.29. The number of nitrogens with one attached hydrogen (secondary N) is 1. The van der Waals surface area contributed by atoms with Crippen molar-refractivity contribution < 1.29 is 0 Å². The van der Waals surface area contributed by atoms with Crippen LogP contribution in [0.5, 0.6) is 0 Å². The Labute approximate surface area is 119 Å². The van der Waals surface area contributed by atoms with Gasteiger partial charge in [-0.15, -0.1) is 0 Å². The molecular formula is C17H32N2. The molecule has 2 heteroatoms. The minimum atomic E-state index is 0.452. The fourth-order valence-electron chi connectivity index (χ4n) is 4.54. The van der Waals surface area contributed by atoms with Crippen LogP contribution in [-0.2, 0) is 0 Å². The highest BCUT2D eigenvalue weighted by Crippen LogP contribution is 2.40. The fraction of sp³-hybridized carbons (Fsp3) is 1.00. The number of nitrogens with zero attached hydrogens (tertiary/aromatic N) is 1. The van der Waals surface area contributed by atoms with Crippen LogP contribution in [0.4, 0.5) is 0 Å². The van der Waals surface area contributed by atoms with Gasteiger partial charge >= 0.3 is 0 Å². The lowest BCUT2D eigenvalue weighted by Gasteiger charge is -2.54. The molecule has 0 aromatic carbocycles. The van der Waals surface area contributed by atoms with Gasteiger partial charge in [0.2, 0.25) is 0 Å². The summed E-state index contributed by atoms with van der Waals surface area (Å²) in [5, 5.41) is 3.90. The van der Waals surface area contributed by atoms with Gasteiger partial charge < -0.3 is 5.32 Å². The molecule has 3 aliphatic rings. The Morgan fingerprint density at radius 2 is 1.68 bits per heavy atom. The SMILES string of the molecule is CCC1(CC)CNC(C2CC2)CN1C1CCCCC1. The molecule has 0 spiro atoms. The van der Waals surface area contributed by atoms with Crippen molar-refractivity contribution >= 4 is 0 Å². The highest BCUT2D eigenvalue weighted by molar-refractivity contribution is 5.03. The van der Waals surface area contributed by atoms with Crippen molar-refractivity contribution in [1.82, 2.24) is 10.2 Å². The van der Waals surface area contributed by atoms with Gasteiger partial charge in [0.25, 0.3) is 0 Å². The van der Waals surface area contributed by atoms with Crippen LogP contribution < -0.4 is 5.32 Å². The normalized spacial score (nSPS) is 33.5. The van der Waals surface area contributed by atoms with E-state index in [9.17, 15) is 0 Å². The lowest BCUT2D eigenvalue weighted by molar-refractivity contribution is -0.0199. The molecule has 0 aromatic heterocycles. The van der Waals surface area contributed by atoms with E-state index in [-0.39, 0.29) is 0 Å². The standard InChI is InChI=1S/C17H32N2/c1-3-17(4-2)13-18-16(14-10-11-14)12-19(17)15-8-6-5-7-9-15/h14-16,18H,3-13H2,1-2H3. The third-order valence-electron chi connectivity index (χ3n) is 6.22. The smallest absolute Gasteiger partial charge is 0.0332 e. The van der Waals surface area contributed by atoms with Crippen molar-refractivity contribution in [2.24, 2.45) is 5.92 Å². The van der Waals surface area contributed by atoms with Crippen LogP contribution in [0.15, 0.2) is 0 Å². The van der Waals surface area contributed by atoms with Gasteiger partial charge in [-0.3, -0.25) is 4.90 Å². The average molecular weight is 264 g/mol. The number of rotatable bonds is 4. The molecule has 2 nitrogen and oxygen atoms in total. The van der Waals surface area contributed by atoms with E-state index in [4.69, 9.17) is 0 Å². The summed E-state index contributed by atoms with van der Waals surface area (Å²) in [4.78, 5) is 2.96. The predicted molar refractivity (Wildman–Crippen MR) is 81.4 cm³/mol. The summed E-state index contributed by atoms with van der Waals surface area (Å²) in [6, 6.07) is 1.69. The minimum Gasteiger partial charge on any atom is -0.311 e. The Morgan fingerprint density at radius 3 is 2.26 bits per heavy atom. The Hall–Kier alpha value is -0.0800. The second-order valence-corrected chi connectivity index (χ2v) is 7.20. The zero-order chi connectivity index (χ0) is 13.3. The molecule has 1 atom stereocenters. The van der Waals surface area contributed by atoms with Gasteiger partial charge in [0, 0.05) is 30.7 Å². The average Bonchev–Trinajstić information content (AvgIpc) is 3.32. The first kappa shape index (κ1) is 13.9. The van der Waals surface area contributed by atoms with Crippen LogP contribution >= 0.6 is 0 Å². The zero-order valence-electron chi connectivity index (χ0n) is 13.0. The Morgan fingerprint density at radius 1 is 1.00 bits per heavy atom. The predicted octanol–water partition coefficient (Wildman–Crippen LogP) is 3.56. The van der Waals surface area contributed by atoms with E-state index in [0.29, 0.717) is 5.54 Å². The summed E-state index contributed by atoms with van der Waals surface area (Å²) in [5.41, 5.74) is 0.452. The molecule has 2 saturated carbocycles. The molecule has 1 unspecified atom stereocenters. The van der Waals surface area contributed by atoms with E-state index in [1.165, 1.54) is 70.9 Å². The van der Waals surface area contributed by atoms with Crippen LogP contribution in [0.25, 0.3) is 0 Å². The molecule has 1 heterocycles. The summed E-state index contributed by atoms with van der Waals surface area (Å²) in [6.07, 6.45) is 12.9. The Kier molecular flexibility index (Phi) is 4.19. The molecule has 3 fully saturated rings. The van der Waals surface area contributed by atoms with Crippen LogP contribution in [0.3, 0.4) is 0 Å². The second-order valence-electron chi connectivity index (χ2n) is 7.20. The van der Waals surface area contributed by atoms with E-state index in [1.54, 1.807) is 0 Å². The molecule has 0 amide bonds. The van der Waals surface area contributed by atoms with E-state index in [0.717, 1.165) is 18.0 Å². The fourth-order valence-corrected chi connectivity index (χ4v) is 4.54. The second kappa shape index (κ2) is 5.73. The molecule has 2 aliphatic carbocycles. The van der Waals surface area contributed by atoms with Gasteiger partial charge in [-0.1, -0.05) is 33.1 Å². The van der Waals surface area contributed by atoms with Gasteiger partial charge in [0.15, 0.2) is 0 Å². The number of hydrogen-bond acceptors (Lipinski definition) is 2. The third kappa shape index (κ3) is 2.71. The van der Waals surface area contributed by atoms with Crippen LogP contribution in [0.1, 0.15) is 71.6 Å². The molecule has 19 heavy (non-hydrogen) atoms. The van der Waals surface area contributed by atoms with Crippen molar-refractivity contribution in [1.29, 1.82) is 0 Å². The highest BCUT2D eigenvalue weighted by Gasteiger charge is 2.45. The summed E-state index contributed by atoms with van der Waals surface area (Å²) >= 11 is 0. The van der Waals surface area contributed by atoms with Crippen molar-refractivity contribution in [3.63, 3.8) is 0 Å². The lowest BCUT2D eigenvalue weighted by atomic mass is 9.82. The Bertz CT molecular complexity index is 288. The Balaban J connectivity index is 1.75. The van der Waals surface area contributed by atoms with Crippen LogP contribution in [-0.4, -0.2) is 35.6 Å². The topological polar surface area (TPSA) is 15.3 Å². The first-order valence-corrected chi connectivity index (χ1v) is 8.79. The van der Waals surface area contributed by atoms with Crippen LogP contribution in [0.2, 0.25) is 0 Å². The number of piperazine rings is 1. The monoisotopic (exact) mass is 264 g/mol. The van der Waals surface area contributed by atoms with Crippen LogP contribution in [0, 0.1) is 5.92 Å². The maximum absolute atomic E-state index is 3.90. The molecule has 0 aromatic rings. The van der Waals surface area contributed by atoms with Crippen molar-refractivity contribution in [3.8, 4) is 0 Å². The van der Waals surface area contributed by atoms with E-state index in [2.05, 4.69) is 24.1 Å². The molecule has 1 saturated heterocycles. The van der Waals surface area contributed by atoms with Gasteiger partial charge in [0.1, 0.15) is 0 Å². The number of hydrogen-bond donors (Lipinski definition) is 1. The summed E-state index contributed by atoms with van der Waals surface area (Å²) < 4.78 is 0. The van der Waals surface area contributed by atoms with E-state index in [1.807, 2.05) is 0 Å². The van der Waals surface area contributed by atoms with Gasteiger partial charge in [-0.25, -0.2) is 0 Å². The maximum atomic E-state index is 3.90. The highest BCUT2D eigenvalue weighted by atomic mass is 15.3. The first-order valence-electron chi connectivity index (χ1n) is 8.79. The molecular weight excluding hydrogens is 232 g/mol. The van der Waals surface area contributed by atoms with E-state index >= 15 is 0 Å². The molecule has 110 valence electrons. The maximum Gasteiger partial charge on any atom is 0.0332 e. The van der Waals surface area contributed by atoms with Gasteiger partial charge in [0.05, 0.1) is 0 Å². The third-order valence-corrected chi connectivity index (χ3v) is 6.22. The van der Waals surface area contributed by atoms with Crippen molar-refractivity contribution in [2.75, 3.05) is 13.1 Å². The summed E-state index contributed by atoms with van der Waals surface area (Å²) in [7, 11) is 0. The van der Waals surface area contributed by atoms with Crippen molar-refractivity contribution in [3.05, 3.63) is 0 Å². The summed E-state index contributed by atoms with van der Waals surface area (Å²) in [6.45, 7) is 7.37. The molecule has 1 N–H and O–H groups in total. The van der Waals surface area contributed by atoms with Gasteiger partial charge in [-0.05, 0) is 44.4 Å². The zero-order valence-corrected chi connectivity index (χ0v) is 13.0. The molecule has 0 bridgehead atoms. The molecule has 1 aliphatic heterocycles. The molecule has 3 rings (SSSR count). The minimum absolute atomic E-state index is 0.452. The molecule has 0 radical (unpaired) electrons. The van der Waals surface area contributed by atoms with Crippen molar-refractivity contribution in [2.45, 2.75) is 89.3 Å². The largest absolute Gasteiger partial charge is 0.311 e. The van der Waals surface area contributed by atoms with E-state index < -0.39 is 0 Å². The van der Waals surface area contributed by atoms with Gasteiger partial charge in [-0.2, -0.15) is 0 Å². The quantitative estimate of drug-likeness (QED) is 0.835. The lowest BCUT2D eigenvalue weighted by Crippen LogP contribution is -2.67.